The molecule has 0 aliphatic heterocycles. The molecular formula is C11H18N2O2S. The molecule has 0 fully saturated rings. The number of nitrogens with zero attached hydrogens (tertiary/aromatic N) is 1. The number of thioether (sulfide) groups is 1. The Balaban J connectivity index is 2.60. The first-order chi connectivity index (χ1) is 7.67. The Morgan fingerprint density at radius 2 is 2.31 bits per heavy atom. The van der Waals surface area contributed by atoms with Crippen LogP contribution in [0.25, 0.3) is 0 Å². The summed E-state index contributed by atoms with van der Waals surface area (Å²) in [5, 5.41) is 21.9. The number of pyridine rings is 1. The molecule has 1 heterocycles. The van der Waals surface area contributed by atoms with Crippen molar-refractivity contribution in [2.24, 2.45) is 0 Å². The van der Waals surface area contributed by atoms with E-state index in [1.54, 1.807) is 0 Å². The number of aryl methyl sites for hydroxylation is 1. The number of hydrogen-bond acceptors (Lipinski definition) is 5. The molecule has 1 aromatic rings. The number of aliphatic hydroxyl groups is 2. The van der Waals surface area contributed by atoms with Crippen molar-refractivity contribution in [1.82, 2.24) is 10.3 Å². The molecule has 4 nitrogen and oxygen atoms in total. The number of aromatic nitrogens is 1. The Morgan fingerprint density at radius 1 is 1.56 bits per heavy atom. The van der Waals surface area contributed by atoms with Gasteiger partial charge in [-0.2, -0.15) is 0 Å². The van der Waals surface area contributed by atoms with Crippen LogP contribution < -0.4 is 5.32 Å². The second-order valence-electron chi connectivity index (χ2n) is 3.64. The van der Waals surface area contributed by atoms with E-state index in [1.807, 2.05) is 20.2 Å². The first kappa shape index (κ1) is 13.4. The smallest absolute Gasteiger partial charge is 0.0990 e. The van der Waals surface area contributed by atoms with E-state index in [4.69, 9.17) is 5.11 Å². The summed E-state index contributed by atoms with van der Waals surface area (Å²) >= 11 is 1.46. The molecule has 0 aliphatic rings. The third kappa shape index (κ3) is 4.09. The van der Waals surface area contributed by atoms with Crippen molar-refractivity contribution in [2.75, 3.05) is 19.4 Å². The van der Waals surface area contributed by atoms with Crippen LogP contribution in [-0.2, 0) is 6.54 Å². The number of hydrogen-bond donors (Lipinski definition) is 3. The highest BCUT2D eigenvalue weighted by Crippen LogP contribution is 2.21. The summed E-state index contributed by atoms with van der Waals surface area (Å²) in [6, 6.07) is 2.08. The minimum Gasteiger partial charge on any atom is -0.394 e. The van der Waals surface area contributed by atoms with Gasteiger partial charge in [-0.15, -0.1) is 11.8 Å². The quantitative estimate of drug-likeness (QED) is 0.636. The van der Waals surface area contributed by atoms with E-state index in [0.717, 1.165) is 22.7 Å². The topological polar surface area (TPSA) is 65.4 Å². The zero-order valence-electron chi connectivity index (χ0n) is 9.60. The van der Waals surface area contributed by atoms with Crippen molar-refractivity contribution < 1.29 is 10.2 Å². The number of aliphatic hydroxyl groups excluding tert-OH is 2. The van der Waals surface area contributed by atoms with Crippen molar-refractivity contribution in [1.29, 1.82) is 0 Å². The Bertz CT molecular complexity index is 334. The molecule has 0 radical (unpaired) electrons. The second kappa shape index (κ2) is 6.85. The molecule has 16 heavy (non-hydrogen) atoms. The van der Waals surface area contributed by atoms with E-state index in [1.165, 1.54) is 11.8 Å². The Labute approximate surface area is 100 Å². The van der Waals surface area contributed by atoms with Crippen molar-refractivity contribution in [3.8, 4) is 0 Å². The molecular weight excluding hydrogens is 224 g/mol. The molecule has 0 saturated heterocycles. The standard InChI is InChI=1S/C11H18N2O2S/c1-8-3-9(4-12-2)5-13-11(8)16-7-10(15)6-14/h3,5,10,12,14-15H,4,6-7H2,1-2H3. The van der Waals surface area contributed by atoms with Gasteiger partial charge in [0.2, 0.25) is 0 Å². The second-order valence-corrected chi connectivity index (χ2v) is 4.65. The maximum Gasteiger partial charge on any atom is 0.0990 e. The molecule has 5 heteroatoms. The van der Waals surface area contributed by atoms with Crippen LogP contribution in [0.3, 0.4) is 0 Å². The summed E-state index contributed by atoms with van der Waals surface area (Å²) in [4.78, 5) is 4.33. The van der Waals surface area contributed by atoms with Gasteiger partial charge < -0.3 is 15.5 Å². The highest BCUT2D eigenvalue weighted by atomic mass is 32.2. The SMILES string of the molecule is CNCc1cnc(SCC(O)CO)c(C)c1. The molecule has 1 atom stereocenters. The van der Waals surface area contributed by atoms with Crippen molar-refractivity contribution in [2.45, 2.75) is 24.6 Å². The van der Waals surface area contributed by atoms with Crippen molar-refractivity contribution in [3.05, 3.63) is 23.4 Å². The fourth-order valence-corrected chi connectivity index (χ4v) is 2.17. The van der Waals surface area contributed by atoms with Crippen molar-refractivity contribution >= 4 is 11.8 Å². The fourth-order valence-electron chi connectivity index (χ4n) is 1.30. The molecule has 0 saturated carbocycles. The normalized spacial score (nSPS) is 12.8. The predicted octanol–water partition coefficient (Wildman–Crippen LogP) is 0.555. The number of nitrogens with one attached hydrogen (secondary N) is 1. The summed E-state index contributed by atoms with van der Waals surface area (Å²) in [5.41, 5.74) is 2.25. The van der Waals surface area contributed by atoms with E-state index < -0.39 is 6.10 Å². The Hall–Kier alpha value is -0.620. The minimum absolute atomic E-state index is 0.204. The molecule has 3 N–H and O–H groups in total. The lowest BCUT2D eigenvalue weighted by atomic mass is 10.2. The van der Waals surface area contributed by atoms with Gasteiger partial charge in [0.1, 0.15) is 0 Å². The van der Waals surface area contributed by atoms with Crippen LogP contribution in [0.4, 0.5) is 0 Å². The maximum absolute atomic E-state index is 9.24. The third-order valence-electron chi connectivity index (χ3n) is 2.09. The van der Waals surface area contributed by atoms with Gasteiger partial charge >= 0.3 is 0 Å². The lowest BCUT2D eigenvalue weighted by Gasteiger charge is -2.09. The van der Waals surface area contributed by atoms with Crippen LogP contribution >= 0.6 is 11.8 Å². The van der Waals surface area contributed by atoms with Crippen LogP contribution in [0, 0.1) is 6.92 Å². The summed E-state index contributed by atoms with van der Waals surface area (Å²) in [6.07, 6.45) is 1.15. The van der Waals surface area contributed by atoms with E-state index in [9.17, 15) is 5.11 Å². The van der Waals surface area contributed by atoms with Gasteiger partial charge in [-0.05, 0) is 25.1 Å². The lowest BCUT2D eigenvalue weighted by Crippen LogP contribution is -2.14. The van der Waals surface area contributed by atoms with E-state index in [0.29, 0.717) is 5.75 Å². The average Bonchev–Trinajstić information content (AvgIpc) is 2.28. The molecule has 0 bridgehead atoms. The molecule has 0 spiro atoms. The van der Waals surface area contributed by atoms with Gasteiger partial charge in [-0.3, -0.25) is 0 Å². The maximum atomic E-state index is 9.24. The van der Waals surface area contributed by atoms with Gasteiger partial charge in [-0.1, -0.05) is 6.07 Å². The Morgan fingerprint density at radius 3 is 2.88 bits per heavy atom. The molecule has 1 rings (SSSR count). The minimum atomic E-state index is -0.678. The van der Waals surface area contributed by atoms with Crippen LogP contribution in [-0.4, -0.2) is 40.7 Å². The highest BCUT2D eigenvalue weighted by Gasteiger charge is 2.06. The summed E-state index contributed by atoms with van der Waals surface area (Å²) < 4.78 is 0. The molecule has 1 unspecified atom stereocenters. The Kier molecular flexibility index (Phi) is 5.76. The first-order valence-corrected chi connectivity index (χ1v) is 6.17. The summed E-state index contributed by atoms with van der Waals surface area (Å²) in [7, 11) is 1.90. The van der Waals surface area contributed by atoms with Gasteiger partial charge in [-0.25, -0.2) is 4.98 Å². The van der Waals surface area contributed by atoms with Crippen LogP contribution in [0.1, 0.15) is 11.1 Å². The van der Waals surface area contributed by atoms with Crippen LogP contribution in [0.15, 0.2) is 17.3 Å². The molecule has 0 amide bonds. The highest BCUT2D eigenvalue weighted by molar-refractivity contribution is 7.99. The van der Waals surface area contributed by atoms with Gasteiger partial charge in [0, 0.05) is 18.5 Å². The lowest BCUT2D eigenvalue weighted by molar-refractivity contribution is 0.113. The predicted molar refractivity (Wildman–Crippen MR) is 65.6 cm³/mol. The van der Waals surface area contributed by atoms with Gasteiger partial charge in [0.05, 0.1) is 17.7 Å². The van der Waals surface area contributed by atoms with Crippen LogP contribution in [0.2, 0.25) is 0 Å². The third-order valence-corrected chi connectivity index (χ3v) is 3.34. The molecule has 90 valence electrons. The fraction of sp³-hybridized carbons (Fsp3) is 0.545. The molecule has 0 aliphatic carbocycles. The van der Waals surface area contributed by atoms with Crippen LogP contribution in [0.5, 0.6) is 0 Å². The summed E-state index contributed by atoms with van der Waals surface area (Å²) in [6.45, 7) is 2.60. The molecule has 0 aromatic carbocycles. The summed E-state index contributed by atoms with van der Waals surface area (Å²) in [5.74, 6) is 0.468. The first-order valence-electron chi connectivity index (χ1n) is 5.19. The van der Waals surface area contributed by atoms with Gasteiger partial charge in [0.15, 0.2) is 0 Å². The van der Waals surface area contributed by atoms with E-state index in [2.05, 4.69) is 16.4 Å². The average molecular weight is 242 g/mol. The van der Waals surface area contributed by atoms with Gasteiger partial charge in [0.25, 0.3) is 0 Å². The van der Waals surface area contributed by atoms with Crippen molar-refractivity contribution in [3.63, 3.8) is 0 Å². The zero-order chi connectivity index (χ0) is 12.0. The largest absolute Gasteiger partial charge is 0.394 e. The molecule has 1 aromatic heterocycles. The van der Waals surface area contributed by atoms with E-state index in [-0.39, 0.29) is 6.61 Å². The number of rotatable bonds is 6. The monoisotopic (exact) mass is 242 g/mol. The van der Waals surface area contributed by atoms with E-state index >= 15 is 0 Å². The zero-order valence-corrected chi connectivity index (χ0v) is 10.4.